The molecule has 96 valence electrons. The molecule has 1 atom stereocenters. The van der Waals surface area contributed by atoms with Gasteiger partial charge in [0, 0.05) is 16.9 Å². The number of halogens is 4. The lowest BCUT2D eigenvalue weighted by molar-refractivity contribution is -0.135. The van der Waals surface area contributed by atoms with Crippen LogP contribution in [0.5, 0.6) is 0 Å². The first-order valence-electron chi connectivity index (χ1n) is 5.21. The van der Waals surface area contributed by atoms with Gasteiger partial charge in [0.2, 0.25) is 0 Å². The topological polar surface area (TPSA) is 38.0 Å². The van der Waals surface area contributed by atoms with E-state index in [-0.39, 0.29) is 12.5 Å². The monoisotopic (exact) mass is 310 g/mol. The van der Waals surface area contributed by atoms with Crippen molar-refractivity contribution < 1.29 is 13.2 Å². The van der Waals surface area contributed by atoms with Gasteiger partial charge >= 0.3 is 6.18 Å². The average molecular weight is 311 g/mol. The Kier molecular flexibility index (Phi) is 5.42. The molecule has 0 radical (unpaired) electrons. The molecule has 0 bridgehead atoms. The second-order valence-corrected chi connectivity index (χ2v) is 4.69. The van der Waals surface area contributed by atoms with Gasteiger partial charge in [0.1, 0.15) is 0 Å². The Bertz CT molecular complexity index is 338. The lowest BCUT2D eigenvalue weighted by Gasteiger charge is -2.16. The zero-order valence-corrected chi connectivity index (χ0v) is 10.7. The first-order chi connectivity index (χ1) is 7.92. The summed E-state index contributed by atoms with van der Waals surface area (Å²) in [6.45, 7) is 0. The highest BCUT2D eigenvalue weighted by Gasteiger charge is 2.26. The summed E-state index contributed by atoms with van der Waals surface area (Å²) in [4.78, 5) is 0. The molecule has 0 spiro atoms. The van der Waals surface area contributed by atoms with Crippen LogP contribution < -0.4 is 11.3 Å². The van der Waals surface area contributed by atoms with Crippen LogP contribution >= 0.6 is 15.9 Å². The maximum atomic E-state index is 12.0. The molecule has 1 aromatic rings. The molecule has 0 fully saturated rings. The lowest BCUT2D eigenvalue weighted by Crippen LogP contribution is -2.28. The molecule has 0 amide bonds. The maximum absolute atomic E-state index is 12.0. The highest BCUT2D eigenvalue weighted by Crippen LogP contribution is 2.26. The third-order valence-corrected chi connectivity index (χ3v) is 2.96. The van der Waals surface area contributed by atoms with Crippen molar-refractivity contribution in [3.05, 3.63) is 34.3 Å². The van der Waals surface area contributed by atoms with Crippen molar-refractivity contribution in [2.24, 2.45) is 5.84 Å². The molecule has 3 N–H and O–H groups in total. The van der Waals surface area contributed by atoms with Gasteiger partial charge in [-0.05, 0) is 30.5 Å². The van der Waals surface area contributed by atoms with Crippen LogP contribution in [0.3, 0.4) is 0 Å². The van der Waals surface area contributed by atoms with Crippen molar-refractivity contribution >= 4 is 15.9 Å². The first-order valence-corrected chi connectivity index (χ1v) is 6.00. The first kappa shape index (κ1) is 14.5. The van der Waals surface area contributed by atoms with E-state index in [1.165, 1.54) is 0 Å². The van der Waals surface area contributed by atoms with Gasteiger partial charge in [-0.2, -0.15) is 13.2 Å². The standard InChI is InChI=1S/C11H14BrF3N2/c12-9-5-3-8(4-6-9)10(17-16)2-1-7-11(13,14)15/h3-6,10,17H,1-2,7,16H2. The maximum Gasteiger partial charge on any atom is 0.389 e. The summed E-state index contributed by atoms with van der Waals surface area (Å²) in [5.41, 5.74) is 3.43. The zero-order chi connectivity index (χ0) is 12.9. The van der Waals surface area contributed by atoms with Crippen molar-refractivity contribution in [2.75, 3.05) is 0 Å². The molecule has 0 aliphatic rings. The molecule has 1 rings (SSSR count). The van der Waals surface area contributed by atoms with E-state index in [0.717, 1.165) is 10.0 Å². The fourth-order valence-electron chi connectivity index (χ4n) is 1.55. The average Bonchev–Trinajstić information content (AvgIpc) is 2.24. The second kappa shape index (κ2) is 6.37. The Balaban J connectivity index is 2.51. The van der Waals surface area contributed by atoms with Crippen LogP contribution in [-0.4, -0.2) is 6.18 Å². The van der Waals surface area contributed by atoms with E-state index in [4.69, 9.17) is 5.84 Å². The SMILES string of the molecule is NNC(CCCC(F)(F)F)c1ccc(Br)cc1. The number of hydrazine groups is 1. The van der Waals surface area contributed by atoms with Crippen LogP contribution in [0.4, 0.5) is 13.2 Å². The molecule has 2 nitrogen and oxygen atoms in total. The number of benzene rings is 1. The number of hydrogen-bond donors (Lipinski definition) is 2. The molecule has 0 saturated heterocycles. The van der Waals surface area contributed by atoms with Gasteiger partial charge in [0.05, 0.1) is 0 Å². The van der Waals surface area contributed by atoms with E-state index >= 15 is 0 Å². The third kappa shape index (κ3) is 5.52. The number of alkyl halides is 3. The molecular formula is C11H14BrF3N2. The molecule has 17 heavy (non-hydrogen) atoms. The molecule has 1 aromatic carbocycles. The highest BCUT2D eigenvalue weighted by molar-refractivity contribution is 9.10. The minimum absolute atomic E-state index is 0.0639. The lowest BCUT2D eigenvalue weighted by atomic mass is 10.0. The van der Waals surface area contributed by atoms with Crippen molar-refractivity contribution in [1.82, 2.24) is 5.43 Å². The summed E-state index contributed by atoms with van der Waals surface area (Å²) in [6, 6.07) is 7.10. The predicted molar refractivity (Wildman–Crippen MR) is 64.1 cm³/mol. The third-order valence-electron chi connectivity index (χ3n) is 2.43. The van der Waals surface area contributed by atoms with E-state index < -0.39 is 12.6 Å². The van der Waals surface area contributed by atoms with Crippen molar-refractivity contribution in [3.63, 3.8) is 0 Å². The minimum atomic E-state index is -4.10. The molecule has 0 aromatic heterocycles. The molecule has 0 aliphatic heterocycles. The van der Waals surface area contributed by atoms with E-state index in [1.807, 2.05) is 24.3 Å². The Morgan fingerprint density at radius 3 is 2.29 bits per heavy atom. The summed E-state index contributed by atoms with van der Waals surface area (Å²) < 4.78 is 36.9. The predicted octanol–water partition coefficient (Wildman–Crippen LogP) is 3.69. The molecule has 6 heteroatoms. The fourth-order valence-corrected chi connectivity index (χ4v) is 1.81. The van der Waals surface area contributed by atoms with E-state index in [9.17, 15) is 13.2 Å². The van der Waals surface area contributed by atoms with Crippen LogP contribution in [0, 0.1) is 0 Å². The fraction of sp³-hybridized carbons (Fsp3) is 0.455. The molecule has 1 unspecified atom stereocenters. The Morgan fingerprint density at radius 1 is 1.24 bits per heavy atom. The largest absolute Gasteiger partial charge is 0.389 e. The summed E-state index contributed by atoms with van der Waals surface area (Å²) in [7, 11) is 0. The smallest absolute Gasteiger partial charge is 0.271 e. The van der Waals surface area contributed by atoms with Crippen LogP contribution in [0.25, 0.3) is 0 Å². The quantitative estimate of drug-likeness (QED) is 0.643. The van der Waals surface area contributed by atoms with Crippen molar-refractivity contribution in [3.8, 4) is 0 Å². The normalized spacial score (nSPS) is 13.7. The highest BCUT2D eigenvalue weighted by atomic mass is 79.9. The number of nitrogens with one attached hydrogen (secondary N) is 1. The Labute approximate surface area is 106 Å². The van der Waals surface area contributed by atoms with Crippen LogP contribution in [0.2, 0.25) is 0 Å². The molecule has 0 saturated carbocycles. The van der Waals surface area contributed by atoms with Gasteiger partial charge in [-0.25, -0.2) is 0 Å². The van der Waals surface area contributed by atoms with Crippen LogP contribution in [-0.2, 0) is 0 Å². The summed E-state index contributed by atoms with van der Waals surface area (Å²) in [5.74, 6) is 5.35. The summed E-state index contributed by atoms with van der Waals surface area (Å²) in [5, 5.41) is 0. The van der Waals surface area contributed by atoms with Gasteiger partial charge in [-0.3, -0.25) is 11.3 Å². The van der Waals surface area contributed by atoms with E-state index in [1.54, 1.807) is 0 Å². The van der Waals surface area contributed by atoms with Crippen molar-refractivity contribution in [2.45, 2.75) is 31.5 Å². The number of nitrogens with two attached hydrogens (primary N) is 1. The van der Waals surface area contributed by atoms with Crippen molar-refractivity contribution in [1.29, 1.82) is 0 Å². The number of hydrogen-bond acceptors (Lipinski definition) is 2. The van der Waals surface area contributed by atoms with Gasteiger partial charge in [0.25, 0.3) is 0 Å². The molecule has 0 heterocycles. The van der Waals surface area contributed by atoms with Gasteiger partial charge in [-0.1, -0.05) is 28.1 Å². The minimum Gasteiger partial charge on any atom is -0.271 e. The number of rotatable bonds is 5. The summed E-state index contributed by atoms with van der Waals surface area (Å²) in [6.07, 6.45) is -4.45. The van der Waals surface area contributed by atoms with Crippen LogP contribution in [0.1, 0.15) is 30.9 Å². The second-order valence-electron chi connectivity index (χ2n) is 3.78. The Morgan fingerprint density at radius 2 is 1.82 bits per heavy atom. The van der Waals surface area contributed by atoms with Gasteiger partial charge in [0.15, 0.2) is 0 Å². The van der Waals surface area contributed by atoms with Gasteiger partial charge < -0.3 is 0 Å². The zero-order valence-electron chi connectivity index (χ0n) is 9.10. The molecular weight excluding hydrogens is 297 g/mol. The van der Waals surface area contributed by atoms with E-state index in [2.05, 4.69) is 21.4 Å². The van der Waals surface area contributed by atoms with Crippen LogP contribution in [0.15, 0.2) is 28.7 Å². The Hall–Kier alpha value is -0.590. The van der Waals surface area contributed by atoms with E-state index in [0.29, 0.717) is 6.42 Å². The molecule has 0 aliphatic carbocycles. The van der Waals surface area contributed by atoms with Gasteiger partial charge in [-0.15, -0.1) is 0 Å². The summed E-state index contributed by atoms with van der Waals surface area (Å²) >= 11 is 3.29.